The lowest BCUT2D eigenvalue weighted by molar-refractivity contribution is -0.120. The largest absolute Gasteiger partial charge is 0.493 e. The summed E-state index contributed by atoms with van der Waals surface area (Å²) in [6, 6.07) is 9.24. The maximum Gasteiger partial charge on any atom is 0.257 e. The number of hydrogen-bond donors (Lipinski definition) is 1. The number of ether oxygens (including phenoxy) is 3. The minimum Gasteiger partial charge on any atom is -0.493 e. The summed E-state index contributed by atoms with van der Waals surface area (Å²) >= 11 is 1.35. The molecule has 2 amide bonds. The van der Waals surface area contributed by atoms with E-state index in [0.29, 0.717) is 40.9 Å². The fraction of sp³-hybridized carbons (Fsp3) is 0.370. The SMILES string of the molecule is COc1cc(C(=O)Nc2nc(-c3ccc4c(c3)CCN4C(=O)CC(C)(C)C)cs2)cc(OC)c1OC. The number of nitrogens with one attached hydrogen (secondary N) is 1. The van der Waals surface area contributed by atoms with E-state index in [1.165, 1.54) is 32.7 Å². The lowest BCUT2D eigenvalue weighted by Gasteiger charge is -2.23. The Morgan fingerprint density at radius 2 is 1.75 bits per heavy atom. The molecule has 0 radical (unpaired) electrons. The molecule has 0 saturated carbocycles. The van der Waals surface area contributed by atoms with E-state index in [0.717, 1.165) is 28.9 Å². The molecule has 9 heteroatoms. The Morgan fingerprint density at radius 1 is 1.06 bits per heavy atom. The van der Waals surface area contributed by atoms with Gasteiger partial charge >= 0.3 is 0 Å². The fourth-order valence-electron chi connectivity index (χ4n) is 4.21. The van der Waals surface area contributed by atoms with Crippen LogP contribution in [0.2, 0.25) is 0 Å². The van der Waals surface area contributed by atoms with Crippen LogP contribution in [0.5, 0.6) is 17.2 Å². The summed E-state index contributed by atoms with van der Waals surface area (Å²) in [6.07, 6.45) is 1.32. The van der Waals surface area contributed by atoms with E-state index in [2.05, 4.69) is 37.1 Å². The number of methoxy groups -OCH3 is 3. The van der Waals surface area contributed by atoms with Gasteiger partial charge in [0.1, 0.15) is 0 Å². The average Bonchev–Trinajstić information content (AvgIpc) is 3.48. The first kappa shape index (κ1) is 25.5. The van der Waals surface area contributed by atoms with E-state index in [1.54, 1.807) is 12.1 Å². The number of fused-ring (bicyclic) bond motifs is 1. The van der Waals surface area contributed by atoms with Crippen molar-refractivity contribution in [3.8, 4) is 28.5 Å². The van der Waals surface area contributed by atoms with Crippen molar-refractivity contribution in [3.63, 3.8) is 0 Å². The summed E-state index contributed by atoms with van der Waals surface area (Å²) in [6.45, 7) is 6.92. The van der Waals surface area contributed by atoms with Crippen LogP contribution in [0.4, 0.5) is 10.8 Å². The molecule has 2 heterocycles. The Kier molecular flexibility index (Phi) is 7.21. The smallest absolute Gasteiger partial charge is 0.257 e. The summed E-state index contributed by atoms with van der Waals surface area (Å²) in [5, 5.41) is 5.23. The van der Waals surface area contributed by atoms with Crippen molar-refractivity contribution in [1.82, 2.24) is 4.98 Å². The van der Waals surface area contributed by atoms with Crippen LogP contribution in [0.3, 0.4) is 0 Å². The fourth-order valence-corrected chi connectivity index (χ4v) is 4.93. The van der Waals surface area contributed by atoms with Crippen molar-refractivity contribution in [1.29, 1.82) is 0 Å². The van der Waals surface area contributed by atoms with Gasteiger partial charge in [-0.1, -0.05) is 26.8 Å². The Labute approximate surface area is 215 Å². The summed E-state index contributed by atoms with van der Waals surface area (Å²) in [5.74, 6) is 1.03. The van der Waals surface area contributed by atoms with E-state index in [4.69, 9.17) is 14.2 Å². The molecule has 0 bridgehead atoms. The van der Waals surface area contributed by atoms with Gasteiger partial charge in [0.2, 0.25) is 11.7 Å². The average molecular weight is 510 g/mol. The Balaban J connectivity index is 1.50. The molecule has 0 aliphatic carbocycles. The standard InChI is InChI=1S/C27H31N3O5S/c1-27(2,3)14-23(31)30-10-9-17-11-16(7-8-20(17)30)19-15-36-26(28-19)29-25(32)18-12-21(33-4)24(35-6)22(13-18)34-5/h7-8,11-13,15H,9-10,14H2,1-6H3,(H,28,29,32). The zero-order chi connectivity index (χ0) is 26.0. The number of amides is 2. The highest BCUT2D eigenvalue weighted by atomic mass is 32.1. The molecule has 0 saturated heterocycles. The van der Waals surface area contributed by atoms with Gasteiger partial charge < -0.3 is 19.1 Å². The maximum atomic E-state index is 12.9. The van der Waals surface area contributed by atoms with E-state index >= 15 is 0 Å². The molecule has 1 aliphatic heterocycles. The van der Waals surface area contributed by atoms with Crippen molar-refractivity contribution < 1.29 is 23.8 Å². The highest BCUT2D eigenvalue weighted by Gasteiger charge is 2.28. The summed E-state index contributed by atoms with van der Waals surface area (Å²) < 4.78 is 16.0. The Hall–Kier alpha value is -3.59. The van der Waals surface area contributed by atoms with Crippen LogP contribution in [-0.4, -0.2) is 44.7 Å². The monoisotopic (exact) mass is 509 g/mol. The van der Waals surface area contributed by atoms with E-state index in [-0.39, 0.29) is 17.2 Å². The number of nitrogens with zero attached hydrogens (tertiary/aromatic N) is 2. The van der Waals surface area contributed by atoms with Crippen molar-refractivity contribution >= 4 is 34.0 Å². The van der Waals surface area contributed by atoms with Crippen LogP contribution in [0.1, 0.15) is 43.1 Å². The molecule has 3 aromatic rings. The number of aromatic nitrogens is 1. The first-order chi connectivity index (χ1) is 17.1. The van der Waals surface area contributed by atoms with Crippen molar-refractivity contribution in [2.24, 2.45) is 5.41 Å². The van der Waals surface area contributed by atoms with E-state index in [1.807, 2.05) is 22.4 Å². The molecule has 0 spiro atoms. The molecular formula is C27H31N3O5S. The molecule has 1 aromatic heterocycles. The number of hydrogen-bond acceptors (Lipinski definition) is 7. The molecule has 8 nitrogen and oxygen atoms in total. The van der Waals surface area contributed by atoms with Crippen LogP contribution in [0.25, 0.3) is 11.3 Å². The number of carbonyl (C=O) groups is 2. The molecule has 0 unspecified atom stereocenters. The van der Waals surface area contributed by atoms with Gasteiger partial charge in [-0.05, 0) is 41.7 Å². The quantitative estimate of drug-likeness (QED) is 0.458. The number of benzene rings is 2. The van der Waals surface area contributed by atoms with Gasteiger partial charge in [0.05, 0.1) is 27.0 Å². The van der Waals surface area contributed by atoms with E-state index < -0.39 is 0 Å². The third-order valence-electron chi connectivity index (χ3n) is 5.90. The summed E-state index contributed by atoms with van der Waals surface area (Å²) in [5.41, 5.74) is 4.12. The second kappa shape index (κ2) is 10.2. The van der Waals surface area contributed by atoms with Crippen LogP contribution in [0, 0.1) is 5.41 Å². The van der Waals surface area contributed by atoms with Crippen molar-refractivity contribution in [2.45, 2.75) is 33.6 Å². The molecule has 1 N–H and O–H groups in total. The topological polar surface area (TPSA) is 90.0 Å². The van der Waals surface area contributed by atoms with Gasteiger partial charge in [-0.2, -0.15) is 0 Å². The predicted molar refractivity (Wildman–Crippen MR) is 142 cm³/mol. The molecule has 0 atom stereocenters. The Morgan fingerprint density at radius 3 is 2.36 bits per heavy atom. The van der Waals surface area contributed by atoms with Crippen LogP contribution in [0.15, 0.2) is 35.7 Å². The maximum absolute atomic E-state index is 12.9. The molecule has 2 aromatic carbocycles. The lowest BCUT2D eigenvalue weighted by Crippen LogP contribution is -2.31. The molecule has 4 rings (SSSR count). The van der Waals surface area contributed by atoms with Crippen LogP contribution in [-0.2, 0) is 11.2 Å². The van der Waals surface area contributed by atoms with Crippen LogP contribution < -0.4 is 24.4 Å². The van der Waals surface area contributed by atoms with Crippen LogP contribution >= 0.6 is 11.3 Å². The number of rotatable bonds is 7. The lowest BCUT2D eigenvalue weighted by atomic mass is 9.91. The third kappa shape index (κ3) is 5.31. The first-order valence-corrected chi connectivity index (χ1v) is 12.5. The number of carbonyl (C=O) groups excluding carboxylic acids is 2. The van der Waals surface area contributed by atoms with Gasteiger partial charge in [0.15, 0.2) is 16.6 Å². The van der Waals surface area contributed by atoms with Gasteiger partial charge in [-0.25, -0.2) is 4.98 Å². The zero-order valence-corrected chi connectivity index (χ0v) is 22.2. The van der Waals surface area contributed by atoms with Gasteiger partial charge in [0, 0.05) is 35.2 Å². The second-order valence-electron chi connectivity index (χ2n) is 9.78. The normalized spacial score (nSPS) is 12.8. The van der Waals surface area contributed by atoms with Gasteiger partial charge in [-0.3, -0.25) is 14.9 Å². The molecule has 0 fully saturated rings. The summed E-state index contributed by atoms with van der Waals surface area (Å²) in [4.78, 5) is 32.2. The molecule has 36 heavy (non-hydrogen) atoms. The highest BCUT2D eigenvalue weighted by Crippen LogP contribution is 2.39. The van der Waals surface area contributed by atoms with Gasteiger partial charge in [0.25, 0.3) is 5.91 Å². The molecule has 1 aliphatic rings. The molecule has 190 valence electrons. The minimum atomic E-state index is -0.336. The highest BCUT2D eigenvalue weighted by molar-refractivity contribution is 7.14. The number of thiazole rings is 1. The van der Waals surface area contributed by atoms with E-state index in [9.17, 15) is 9.59 Å². The minimum absolute atomic E-state index is 0.0523. The second-order valence-corrected chi connectivity index (χ2v) is 10.6. The van der Waals surface area contributed by atoms with Gasteiger partial charge in [-0.15, -0.1) is 11.3 Å². The van der Waals surface area contributed by atoms with Crippen molar-refractivity contribution in [2.75, 3.05) is 38.1 Å². The third-order valence-corrected chi connectivity index (χ3v) is 6.66. The zero-order valence-electron chi connectivity index (χ0n) is 21.4. The summed E-state index contributed by atoms with van der Waals surface area (Å²) in [7, 11) is 4.52. The van der Waals surface area contributed by atoms with Crippen molar-refractivity contribution in [3.05, 3.63) is 46.8 Å². The number of anilines is 2. The predicted octanol–water partition coefficient (Wildman–Crippen LogP) is 5.41. The first-order valence-electron chi connectivity index (χ1n) is 11.6. The molecular weight excluding hydrogens is 478 g/mol. The Bertz CT molecular complexity index is 1270.